The van der Waals surface area contributed by atoms with Crippen LogP contribution < -0.4 is 5.32 Å². The van der Waals surface area contributed by atoms with E-state index in [1.165, 1.54) is 18.3 Å². The van der Waals surface area contributed by atoms with Gasteiger partial charge in [-0.15, -0.1) is 0 Å². The lowest BCUT2D eigenvalue weighted by atomic mass is 10.1. The first kappa shape index (κ1) is 19.5. The van der Waals surface area contributed by atoms with Crippen molar-refractivity contribution in [3.05, 3.63) is 59.4 Å². The summed E-state index contributed by atoms with van der Waals surface area (Å²) >= 11 is 0. The molecular formula is C19H21F2N3O2. The Morgan fingerprint density at radius 2 is 1.73 bits per heavy atom. The number of hydrogen-bond donors (Lipinski definition) is 1. The Bertz CT molecular complexity index is 790. The molecule has 1 aromatic carbocycles. The minimum Gasteiger partial charge on any atom is -0.339 e. The minimum absolute atomic E-state index is 0.0218. The van der Waals surface area contributed by atoms with Crippen molar-refractivity contribution in [3.8, 4) is 0 Å². The van der Waals surface area contributed by atoms with E-state index in [4.69, 9.17) is 0 Å². The van der Waals surface area contributed by atoms with Gasteiger partial charge < -0.3 is 10.2 Å². The minimum atomic E-state index is -1.06. The summed E-state index contributed by atoms with van der Waals surface area (Å²) in [6.07, 6.45) is 3.05. The molecule has 0 radical (unpaired) electrons. The van der Waals surface area contributed by atoms with Gasteiger partial charge in [-0.25, -0.2) is 8.78 Å². The first-order valence-corrected chi connectivity index (χ1v) is 8.48. The standard InChI is InChI=1S/C19H21F2N3O2/c1-3-9-24(10-4-2)19(26)13-7-8-22-17(11-13)18(25)23-14-5-6-15(20)16(21)12-14/h5-8,11-12H,3-4,9-10H2,1-2H3,(H,23,25). The molecule has 0 unspecified atom stereocenters. The molecule has 0 saturated carbocycles. The van der Waals surface area contributed by atoms with Crippen LogP contribution in [0.2, 0.25) is 0 Å². The zero-order valence-electron chi connectivity index (χ0n) is 14.8. The van der Waals surface area contributed by atoms with Crippen LogP contribution in [-0.4, -0.2) is 34.8 Å². The summed E-state index contributed by atoms with van der Waals surface area (Å²) in [6, 6.07) is 6.00. The Morgan fingerprint density at radius 3 is 2.35 bits per heavy atom. The largest absolute Gasteiger partial charge is 0.339 e. The van der Waals surface area contributed by atoms with Gasteiger partial charge in [-0.2, -0.15) is 0 Å². The average Bonchev–Trinajstić information content (AvgIpc) is 2.64. The fraction of sp³-hybridized carbons (Fsp3) is 0.316. The highest BCUT2D eigenvalue weighted by Gasteiger charge is 2.17. The smallest absolute Gasteiger partial charge is 0.274 e. The molecule has 1 heterocycles. The molecule has 0 aliphatic carbocycles. The molecule has 138 valence electrons. The number of nitrogens with one attached hydrogen (secondary N) is 1. The predicted molar refractivity (Wildman–Crippen MR) is 95.0 cm³/mol. The van der Waals surface area contributed by atoms with E-state index < -0.39 is 17.5 Å². The molecule has 2 amide bonds. The van der Waals surface area contributed by atoms with Gasteiger partial charge in [-0.05, 0) is 37.1 Å². The third kappa shape index (κ3) is 4.84. The highest BCUT2D eigenvalue weighted by Crippen LogP contribution is 2.15. The lowest BCUT2D eigenvalue weighted by Gasteiger charge is -2.21. The van der Waals surface area contributed by atoms with Crippen LogP contribution in [0.25, 0.3) is 0 Å². The molecule has 26 heavy (non-hydrogen) atoms. The van der Waals surface area contributed by atoms with Gasteiger partial charge in [0.2, 0.25) is 0 Å². The number of hydrogen-bond acceptors (Lipinski definition) is 3. The number of benzene rings is 1. The van der Waals surface area contributed by atoms with Gasteiger partial charge in [0.15, 0.2) is 11.6 Å². The Balaban J connectivity index is 2.17. The maximum Gasteiger partial charge on any atom is 0.274 e. The predicted octanol–water partition coefficient (Wildman–Crippen LogP) is 3.87. The average molecular weight is 361 g/mol. The van der Waals surface area contributed by atoms with Gasteiger partial charge in [0.1, 0.15) is 5.69 Å². The Kier molecular flexibility index (Phi) is 6.77. The Labute approximate surface area is 151 Å². The van der Waals surface area contributed by atoms with Crippen molar-refractivity contribution in [2.24, 2.45) is 0 Å². The van der Waals surface area contributed by atoms with Gasteiger partial charge in [-0.3, -0.25) is 14.6 Å². The van der Waals surface area contributed by atoms with E-state index in [1.54, 1.807) is 11.0 Å². The third-order valence-electron chi connectivity index (χ3n) is 3.69. The summed E-state index contributed by atoms with van der Waals surface area (Å²) in [5.41, 5.74) is 0.483. The van der Waals surface area contributed by atoms with Gasteiger partial charge in [0, 0.05) is 36.6 Å². The normalized spacial score (nSPS) is 10.5. The molecule has 0 aliphatic heterocycles. The highest BCUT2D eigenvalue weighted by molar-refractivity contribution is 6.04. The van der Waals surface area contributed by atoms with E-state index in [2.05, 4.69) is 10.3 Å². The summed E-state index contributed by atoms with van der Waals surface area (Å²) in [5, 5.41) is 2.44. The van der Waals surface area contributed by atoms with Crippen molar-refractivity contribution in [1.29, 1.82) is 0 Å². The molecule has 1 N–H and O–H groups in total. The van der Waals surface area contributed by atoms with Crippen LogP contribution >= 0.6 is 0 Å². The molecule has 0 spiro atoms. The fourth-order valence-corrected chi connectivity index (χ4v) is 2.49. The second-order valence-electron chi connectivity index (χ2n) is 5.80. The lowest BCUT2D eigenvalue weighted by Crippen LogP contribution is -2.32. The summed E-state index contributed by atoms with van der Waals surface area (Å²) in [6.45, 7) is 5.24. The fourth-order valence-electron chi connectivity index (χ4n) is 2.49. The van der Waals surface area contributed by atoms with Crippen molar-refractivity contribution in [2.45, 2.75) is 26.7 Å². The van der Waals surface area contributed by atoms with Gasteiger partial charge in [0.25, 0.3) is 11.8 Å². The molecule has 7 heteroatoms. The number of nitrogens with zero attached hydrogens (tertiary/aromatic N) is 2. The first-order chi connectivity index (χ1) is 12.5. The van der Waals surface area contributed by atoms with Crippen molar-refractivity contribution < 1.29 is 18.4 Å². The van der Waals surface area contributed by atoms with Gasteiger partial charge >= 0.3 is 0 Å². The van der Waals surface area contributed by atoms with E-state index in [-0.39, 0.29) is 17.3 Å². The number of halogens is 2. The van der Waals surface area contributed by atoms with E-state index >= 15 is 0 Å². The summed E-state index contributed by atoms with van der Waals surface area (Å²) in [4.78, 5) is 30.6. The number of carbonyl (C=O) groups is 2. The number of pyridine rings is 1. The van der Waals surface area contributed by atoms with E-state index in [0.717, 1.165) is 25.0 Å². The van der Waals surface area contributed by atoms with Crippen molar-refractivity contribution in [3.63, 3.8) is 0 Å². The zero-order valence-corrected chi connectivity index (χ0v) is 14.8. The van der Waals surface area contributed by atoms with Crippen molar-refractivity contribution in [2.75, 3.05) is 18.4 Å². The maximum atomic E-state index is 13.2. The number of aromatic nitrogens is 1. The molecule has 0 aliphatic rings. The summed E-state index contributed by atoms with van der Waals surface area (Å²) < 4.78 is 26.2. The SMILES string of the molecule is CCCN(CCC)C(=O)c1ccnc(C(=O)Nc2ccc(F)c(F)c2)c1. The molecule has 2 rings (SSSR count). The van der Waals surface area contributed by atoms with E-state index in [9.17, 15) is 18.4 Å². The van der Waals surface area contributed by atoms with Crippen LogP contribution in [0.4, 0.5) is 14.5 Å². The van der Waals surface area contributed by atoms with E-state index in [1.807, 2.05) is 13.8 Å². The maximum absolute atomic E-state index is 13.2. The number of anilines is 1. The molecule has 0 saturated heterocycles. The quantitative estimate of drug-likeness (QED) is 0.814. The van der Waals surface area contributed by atoms with Crippen LogP contribution in [-0.2, 0) is 0 Å². The van der Waals surface area contributed by atoms with Crippen LogP contribution in [0.3, 0.4) is 0 Å². The second kappa shape index (κ2) is 9.03. The Hall–Kier alpha value is -2.83. The molecule has 0 atom stereocenters. The van der Waals surface area contributed by atoms with Crippen LogP contribution in [0.5, 0.6) is 0 Å². The number of rotatable bonds is 7. The van der Waals surface area contributed by atoms with Crippen LogP contribution in [0.15, 0.2) is 36.5 Å². The van der Waals surface area contributed by atoms with Gasteiger partial charge in [0.05, 0.1) is 0 Å². The molecular weight excluding hydrogens is 340 g/mol. The molecule has 5 nitrogen and oxygen atoms in total. The molecule has 1 aromatic heterocycles. The van der Waals surface area contributed by atoms with Gasteiger partial charge in [-0.1, -0.05) is 13.8 Å². The summed E-state index contributed by atoms with van der Waals surface area (Å²) in [5.74, 6) is -2.84. The monoisotopic (exact) mass is 361 g/mol. The first-order valence-electron chi connectivity index (χ1n) is 8.48. The second-order valence-corrected chi connectivity index (χ2v) is 5.80. The topological polar surface area (TPSA) is 62.3 Å². The van der Waals surface area contributed by atoms with Crippen molar-refractivity contribution in [1.82, 2.24) is 9.88 Å². The summed E-state index contributed by atoms with van der Waals surface area (Å²) in [7, 11) is 0. The van der Waals surface area contributed by atoms with Crippen LogP contribution in [0.1, 0.15) is 47.5 Å². The van der Waals surface area contributed by atoms with E-state index in [0.29, 0.717) is 18.7 Å². The third-order valence-corrected chi connectivity index (χ3v) is 3.69. The molecule has 0 bridgehead atoms. The lowest BCUT2D eigenvalue weighted by molar-refractivity contribution is 0.0755. The number of amides is 2. The number of carbonyl (C=O) groups excluding carboxylic acids is 2. The van der Waals surface area contributed by atoms with Crippen molar-refractivity contribution >= 4 is 17.5 Å². The highest BCUT2D eigenvalue weighted by atomic mass is 19.2. The van der Waals surface area contributed by atoms with Crippen LogP contribution in [0, 0.1) is 11.6 Å². The molecule has 2 aromatic rings. The zero-order chi connectivity index (χ0) is 19.1. The molecule has 0 fully saturated rings. The Morgan fingerprint density at radius 1 is 1.04 bits per heavy atom.